The summed E-state index contributed by atoms with van der Waals surface area (Å²) in [5.74, 6) is 0.186. The van der Waals surface area contributed by atoms with Crippen LogP contribution in [-0.2, 0) is 9.59 Å². The smallest absolute Gasteiger partial charge is 0.133 e. The van der Waals surface area contributed by atoms with Crippen LogP contribution in [0.4, 0.5) is 0 Å². The number of unbranched alkanes of at least 4 members (excludes halogenated alkanes) is 1. The van der Waals surface area contributed by atoms with E-state index in [1.807, 2.05) is 13.8 Å². The van der Waals surface area contributed by atoms with E-state index in [2.05, 4.69) is 6.92 Å². The molecule has 0 aliphatic rings. The van der Waals surface area contributed by atoms with Gasteiger partial charge in [0.15, 0.2) is 0 Å². The zero-order valence-electron chi connectivity index (χ0n) is 13.5. The summed E-state index contributed by atoms with van der Waals surface area (Å²) in [7, 11) is 0. The van der Waals surface area contributed by atoms with Crippen molar-refractivity contribution in [2.24, 2.45) is 11.1 Å². The SMILES string of the molecule is CCCCC(CC(C)=O)(CC(=O)CC)CC(N)(O)CC. The number of aliphatic hydroxyl groups is 1. The Labute approximate surface area is 123 Å². The molecule has 2 unspecified atom stereocenters. The lowest BCUT2D eigenvalue weighted by Gasteiger charge is -2.38. The fourth-order valence-electron chi connectivity index (χ4n) is 2.85. The lowest BCUT2D eigenvalue weighted by atomic mass is 9.69. The number of Topliss-reactive ketones (excluding diaryl/α,β-unsaturated/α-hetero) is 2. The quantitative estimate of drug-likeness (QED) is 0.572. The van der Waals surface area contributed by atoms with Crippen LogP contribution < -0.4 is 5.73 Å². The first-order chi connectivity index (χ1) is 9.20. The van der Waals surface area contributed by atoms with Crippen LogP contribution in [0.25, 0.3) is 0 Å². The van der Waals surface area contributed by atoms with Crippen LogP contribution in [0.15, 0.2) is 0 Å². The predicted molar refractivity (Wildman–Crippen MR) is 81.2 cm³/mol. The molecular formula is C16H31NO3. The average molecular weight is 285 g/mol. The lowest BCUT2D eigenvalue weighted by Crippen LogP contribution is -2.45. The van der Waals surface area contributed by atoms with Gasteiger partial charge in [0, 0.05) is 19.3 Å². The van der Waals surface area contributed by atoms with Gasteiger partial charge in [-0.15, -0.1) is 0 Å². The Balaban J connectivity index is 5.27. The Morgan fingerprint density at radius 3 is 2.15 bits per heavy atom. The van der Waals surface area contributed by atoms with E-state index in [0.717, 1.165) is 19.3 Å². The number of hydrogen-bond donors (Lipinski definition) is 2. The van der Waals surface area contributed by atoms with E-state index < -0.39 is 11.1 Å². The molecule has 0 heterocycles. The first-order valence-electron chi connectivity index (χ1n) is 7.72. The molecule has 0 rings (SSSR count). The summed E-state index contributed by atoms with van der Waals surface area (Å²) in [6, 6.07) is 0. The van der Waals surface area contributed by atoms with Crippen molar-refractivity contribution in [2.45, 2.75) is 84.8 Å². The highest BCUT2D eigenvalue weighted by molar-refractivity contribution is 5.81. The minimum absolute atomic E-state index is 0.0527. The van der Waals surface area contributed by atoms with E-state index >= 15 is 0 Å². The highest BCUT2D eigenvalue weighted by atomic mass is 16.3. The molecule has 0 saturated carbocycles. The second kappa shape index (κ2) is 8.53. The molecule has 0 aromatic carbocycles. The predicted octanol–water partition coefficient (Wildman–Crippen LogP) is 2.96. The second-order valence-corrected chi connectivity index (χ2v) is 6.19. The summed E-state index contributed by atoms with van der Waals surface area (Å²) < 4.78 is 0. The molecule has 2 atom stereocenters. The topological polar surface area (TPSA) is 80.4 Å². The fraction of sp³-hybridized carbons (Fsp3) is 0.875. The van der Waals surface area contributed by atoms with E-state index in [1.165, 1.54) is 0 Å². The van der Waals surface area contributed by atoms with Gasteiger partial charge in [0.1, 0.15) is 17.3 Å². The molecule has 0 spiro atoms. The molecule has 0 aliphatic heterocycles. The van der Waals surface area contributed by atoms with E-state index in [0.29, 0.717) is 32.1 Å². The number of ketones is 2. The Kier molecular flexibility index (Phi) is 8.21. The van der Waals surface area contributed by atoms with Crippen LogP contribution in [-0.4, -0.2) is 22.4 Å². The summed E-state index contributed by atoms with van der Waals surface area (Å²) >= 11 is 0. The molecule has 0 fully saturated rings. The van der Waals surface area contributed by atoms with Gasteiger partial charge >= 0.3 is 0 Å². The van der Waals surface area contributed by atoms with E-state index in [1.54, 1.807) is 6.92 Å². The third-order valence-electron chi connectivity index (χ3n) is 3.94. The summed E-state index contributed by atoms with van der Waals surface area (Å²) in [5.41, 5.74) is 4.10. The second-order valence-electron chi connectivity index (χ2n) is 6.19. The van der Waals surface area contributed by atoms with Gasteiger partial charge in [0.25, 0.3) is 0 Å². The van der Waals surface area contributed by atoms with Crippen LogP contribution >= 0.6 is 0 Å². The number of carbonyl (C=O) groups excluding carboxylic acids is 2. The zero-order valence-corrected chi connectivity index (χ0v) is 13.5. The van der Waals surface area contributed by atoms with Crippen LogP contribution in [0.5, 0.6) is 0 Å². The summed E-state index contributed by atoms with van der Waals surface area (Å²) in [5, 5.41) is 10.2. The molecule has 0 aliphatic carbocycles. The van der Waals surface area contributed by atoms with Crippen LogP contribution in [0.3, 0.4) is 0 Å². The molecule has 0 aromatic heterocycles. The molecule has 0 bridgehead atoms. The summed E-state index contributed by atoms with van der Waals surface area (Å²) in [6.45, 7) is 7.27. The van der Waals surface area contributed by atoms with Crippen LogP contribution in [0.1, 0.15) is 79.1 Å². The molecule has 118 valence electrons. The van der Waals surface area contributed by atoms with Crippen molar-refractivity contribution < 1.29 is 14.7 Å². The Hall–Kier alpha value is -0.740. The van der Waals surface area contributed by atoms with Gasteiger partial charge < -0.3 is 15.6 Å². The Morgan fingerprint density at radius 1 is 1.15 bits per heavy atom. The fourth-order valence-corrected chi connectivity index (χ4v) is 2.85. The van der Waals surface area contributed by atoms with Crippen molar-refractivity contribution in [1.82, 2.24) is 0 Å². The summed E-state index contributed by atoms with van der Waals surface area (Å²) in [6.07, 6.45) is 4.52. The maximum Gasteiger partial charge on any atom is 0.133 e. The third kappa shape index (κ3) is 7.15. The Bertz CT molecular complexity index is 326. The van der Waals surface area contributed by atoms with Crippen molar-refractivity contribution >= 4 is 11.6 Å². The molecule has 0 radical (unpaired) electrons. The minimum Gasteiger partial charge on any atom is -0.376 e. The first-order valence-corrected chi connectivity index (χ1v) is 7.72. The number of rotatable bonds is 11. The van der Waals surface area contributed by atoms with Crippen molar-refractivity contribution in [3.63, 3.8) is 0 Å². The standard InChI is InChI=1S/C16H31NO3/c1-5-8-9-15(10-13(4)18,11-14(19)6-2)12-16(17,20)7-3/h20H,5-12,17H2,1-4H3. The molecule has 0 aromatic rings. The number of nitrogens with two attached hydrogens (primary N) is 1. The van der Waals surface area contributed by atoms with Crippen molar-refractivity contribution in [2.75, 3.05) is 0 Å². The largest absolute Gasteiger partial charge is 0.376 e. The number of carbonyl (C=O) groups is 2. The van der Waals surface area contributed by atoms with E-state index in [4.69, 9.17) is 5.73 Å². The first kappa shape index (κ1) is 19.3. The van der Waals surface area contributed by atoms with E-state index in [-0.39, 0.29) is 11.6 Å². The summed E-state index contributed by atoms with van der Waals surface area (Å²) in [4.78, 5) is 23.5. The average Bonchev–Trinajstić information content (AvgIpc) is 2.34. The van der Waals surface area contributed by atoms with Gasteiger partial charge in [0.05, 0.1) is 0 Å². The lowest BCUT2D eigenvalue weighted by molar-refractivity contribution is -0.126. The van der Waals surface area contributed by atoms with E-state index in [9.17, 15) is 14.7 Å². The van der Waals surface area contributed by atoms with Gasteiger partial charge in [-0.05, 0) is 31.6 Å². The molecule has 4 nitrogen and oxygen atoms in total. The molecule has 0 amide bonds. The number of hydrogen-bond acceptors (Lipinski definition) is 4. The van der Waals surface area contributed by atoms with Crippen molar-refractivity contribution in [3.05, 3.63) is 0 Å². The van der Waals surface area contributed by atoms with Gasteiger partial charge in [0.2, 0.25) is 0 Å². The molecule has 3 N–H and O–H groups in total. The van der Waals surface area contributed by atoms with Crippen molar-refractivity contribution in [3.8, 4) is 0 Å². The van der Waals surface area contributed by atoms with Crippen LogP contribution in [0, 0.1) is 5.41 Å². The highest BCUT2D eigenvalue weighted by Gasteiger charge is 2.39. The molecule has 4 heteroatoms. The Morgan fingerprint density at radius 2 is 1.75 bits per heavy atom. The zero-order chi connectivity index (χ0) is 15.8. The highest BCUT2D eigenvalue weighted by Crippen LogP contribution is 2.41. The van der Waals surface area contributed by atoms with Gasteiger partial charge in [-0.2, -0.15) is 0 Å². The van der Waals surface area contributed by atoms with Gasteiger partial charge in [-0.3, -0.25) is 4.79 Å². The maximum atomic E-state index is 11.9. The molecular weight excluding hydrogens is 254 g/mol. The van der Waals surface area contributed by atoms with Gasteiger partial charge in [-0.25, -0.2) is 0 Å². The van der Waals surface area contributed by atoms with Crippen molar-refractivity contribution in [1.29, 1.82) is 0 Å². The van der Waals surface area contributed by atoms with Crippen LogP contribution in [0.2, 0.25) is 0 Å². The normalized spacial score (nSPS) is 17.3. The molecule has 20 heavy (non-hydrogen) atoms. The molecule has 0 saturated heterocycles. The van der Waals surface area contributed by atoms with Gasteiger partial charge in [-0.1, -0.05) is 33.6 Å². The minimum atomic E-state index is -1.31. The third-order valence-corrected chi connectivity index (χ3v) is 3.94. The monoisotopic (exact) mass is 285 g/mol. The maximum absolute atomic E-state index is 11.9.